The van der Waals surface area contributed by atoms with E-state index in [-0.39, 0.29) is 24.0 Å². The van der Waals surface area contributed by atoms with E-state index in [0.29, 0.717) is 35.7 Å². The summed E-state index contributed by atoms with van der Waals surface area (Å²) in [7, 11) is 0. The monoisotopic (exact) mass is 367 g/mol. The third-order valence-corrected chi connectivity index (χ3v) is 4.42. The number of rotatable bonds is 6. The molecule has 0 bridgehead atoms. The summed E-state index contributed by atoms with van der Waals surface area (Å²) in [5.74, 6) is 0.280. The minimum absolute atomic E-state index is 0.00214. The van der Waals surface area contributed by atoms with Crippen molar-refractivity contribution in [2.75, 3.05) is 16.8 Å². The fourth-order valence-corrected chi connectivity index (χ4v) is 2.93. The number of benzene rings is 1. The number of hydrogen-bond donors (Lipinski definition) is 1. The SMILES string of the molecule is CC(=O)c1ccc(OCCCC(=O)N2c3ccncc3NC(=O)[C@H]2C)cc1. The first-order valence-electron chi connectivity index (χ1n) is 8.78. The van der Waals surface area contributed by atoms with Gasteiger partial charge in [-0.3, -0.25) is 24.3 Å². The van der Waals surface area contributed by atoms with Crippen LogP contribution >= 0.6 is 0 Å². The molecular formula is C20H21N3O4. The molecule has 140 valence electrons. The third-order valence-electron chi connectivity index (χ3n) is 4.42. The highest BCUT2D eigenvalue weighted by Crippen LogP contribution is 2.31. The minimum atomic E-state index is -0.576. The Morgan fingerprint density at radius 3 is 2.67 bits per heavy atom. The molecule has 27 heavy (non-hydrogen) atoms. The highest BCUT2D eigenvalue weighted by atomic mass is 16.5. The van der Waals surface area contributed by atoms with Gasteiger partial charge in [0.15, 0.2) is 5.78 Å². The highest BCUT2D eigenvalue weighted by molar-refractivity contribution is 6.11. The fourth-order valence-electron chi connectivity index (χ4n) is 2.93. The van der Waals surface area contributed by atoms with Crippen LogP contribution in [-0.2, 0) is 9.59 Å². The van der Waals surface area contributed by atoms with Gasteiger partial charge in [0.1, 0.15) is 11.8 Å². The number of ether oxygens (including phenoxy) is 1. The molecule has 0 radical (unpaired) electrons. The number of pyridine rings is 1. The van der Waals surface area contributed by atoms with E-state index in [1.807, 2.05) is 0 Å². The third kappa shape index (κ3) is 4.13. The summed E-state index contributed by atoms with van der Waals surface area (Å²) >= 11 is 0. The van der Waals surface area contributed by atoms with Gasteiger partial charge in [-0.2, -0.15) is 0 Å². The van der Waals surface area contributed by atoms with Crippen molar-refractivity contribution < 1.29 is 19.1 Å². The standard InChI is InChI=1S/C20H21N3O4/c1-13-20(26)22-17-12-21-10-9-18(17)23(13)19(25)4-3-11-27-16-7-5-15(6-8-16)14(2)24/h5-10,12-13H,3-4,11H2,1-2H3,(H,22,26)/t13-/m1/s1. The van der Waals surface area contributed by atoms with Crippen LogP contribution in [0.1, 0.15) is 37.0 Å². The normalized spacial score (nSPS) is 15.7. The van der Waals surface area contributed by atoms with Gasteiger partial charge in [-0.1, -0.05) is 0 Å². The summed E-state index contributed by atoms with van der Waals surface area (Å²) in [6.07, 6.45) is 3.90. The number of ketones is 1. The Morgan fingerprint density at radius 1 is 1.22 bits per heavy atom. The number of aromatic nitrogens is 1. The van der Waals surface area contributed by atoms with Gasteiger partial charge in [-0.25, -0.2) is 0 Å². The van der Waals surface area contributed by atoms with Crippen LogP contribution in [0.5, 0.6) is 5.75 Å². The summed E-state index contributed by atoms with van der Waals surface area (Å²) in [4.78, 5) is 41.5. The Hall–Kier alpha value is -3.22. The van der Waals surface area contributed by atoms with Gasteiger partial charge >= 0.3 is 0 Å². The summed E-state index contributed by atoms with van der Waals surface area (Å²) in [6, 6.07) is 8.03. The highest BCUT2D eigenvalue weighted by Gasteiger charge is 2.33. The van der Waals surface area contributed by atoms with E-state index >= 15 is 0 Å². The van der Waals surface area contributed by atoms with Gasteiger partial charge in [0.25, 0.3) is 0 Å². The van der Waals surface area contributed by atoms with Crippen molar-refractivity contribution in [3.05, 3.63) is 48.3 Å². The predicted molar refractivity (Wildman–Crippen MR) is 101 cm³/mol. The molecule has 3 rings (SSSR count). The molecule has 0 spiro atoms. The smallest absolute Gasteiger partial charge is 0.247 e. The maximum absolute atomic E-state index is 12.7. The van der Waals surface area contributed by atoms with E-state index in [1.165, 1.54) is 18.0 Å². The quantitative estimate of drug-likeness (QED) is 0.626. The lowest BCUT2D eigenvalue weighted by Gasteiger charge is -2.34. The number of nitrogens with zero attached hydrogens (tertiary/aromatic N) is 2. The summed E-state index contributed by atoms with van der Waals surface area (Å²) in [5.41, 5.74) is 1.82. The van der Waals surface area contributed by atoms with E-state index in [1.54, 1.807) is 43.5 Å². The van der Waals surface area contributed by atoms with Crippen LogP contribution in [0.25, 0.3) is 0 Å². The molecule has 2 amide bonds. The van der Waals surface area contributed by atoms with Gasteiger partial charge in [0, 0.05) is 18.2 Å². The number of nitrogens with one attached hydrogen (secondary N) is 1. The number of fused-ring (bicyclic) bond motifs is 1. The predicted octanol–water partition coefficient (Wildman–Crippen LogP) is 2.82. The van der Waals surface area contributed by atoms with Gasteiger partial charge in [-0.15, -0.1) is 0 Å². The molecule has 0 unspecified atom stereocenters. The molecule has 1 aromatic carbocycles. The molecule has 1 atom stereocenters. The molecule has 7 nitrogen and oxygen atoms in total. The maximum Gasteiger partial charge on any atom is 0.247 e. The molecule has 2 heterocycles. The van der Waals surface area contributed by atoms with Gasteiger partial charge in [0.05, 0.1) is 24.2 Å². The molecule has 2 aromatic rings. The first kappa shape index (κ1) is 18.6. The second-order valence-electron chi connectivity index (χ2n) is 6.35. The molecule has 1 aliphatic rings. The summed E-state index contributed by atoms with van der Waals surface area (Å²) in [5, 5.41) is 2.75. The van der Waals surface area contributed by atoms with Crippen LogP contribution in [-0.4, -0.2) is 35.2 Å². The second-order valence-corrected chi connectivity index (χ2v) is 6.35. The van der Waals surface area contributed by atoms with Gasteiger partial charge in [0.2, 0.25) is 11.8 Å². The molecule has 0 aliphatic carbocycles. The van der Waals surface area contributed by atoms with E-state index in [2.05, 4.69) is 10.3 Å². The Kier molecular flexibility index (Phi) is 5.49. The first-order chi connectivity index (χ1) is 13.0. The van der Waals surface area contributed by atoms with Gasteiger partial charge in [-0.05, 0) is 50.6 Å². The van der Waals surface area contributed by atoms with Crippen molar-refractivity contribution >= 4 is 29.0 Å². The summed E-state index contributed by atoms with van der Waals surface area (Å²) < 4.78 is 5.62. The topological polar surface area (TPSA) is 88.6 Å². The molecule has 0 saturated heterocycles. The lowest BCUT2D eigenvalue weighted by molar-refractivity contribution is -0.123. The van der Waals surface area contributed by atoms with E-state index < -0.39 is 6.04 Å². The molecular weight excluding hydrogens is 346 g/mol. The number of carbonyl (C=O) groups is 3. The average Bonchev–Trinajstić information content (AvgIpc) is 2.66. The zero-order valence-corrected chi connectivity index (χ0v) is 15.3. The Balaban J connectivity index is 1.56. The van der Waals surface area contributed by atoms with Crippen molar-refractivity contribution in [1.29, 1.82) is 0 Å². The molecule has 1 N–H and O–H groups in total. The van der Waals surface area contributed by atoms with Crippen LogP contribution in [0.4, 0.5) is 11.4 Å². The maximum atomic E-state index is 12.7. The number of amides is 2. The van der Waals surface area contributed by atoms with Gasteiger partial charge < -0.3 is 10.1 Å². The molecule has 0 saturated carbocycles. The molecule has 0 fully saturated rings. The molecule has 1 aromatic heterocycles. The van der Waals surface area contributed by atoms with Crippen LogP contribution in [0.15, 0.2) is 42.7 Å². The first-order valence-corrected chi connectivity index (χ1v) is 8.78. The zero-order chi connectivity index (χ0) is 19.4. The van der Waals surface area contributed by atoms with Crippen LogP contribution in [0.2, 0.25) is 0 Å². The van der Waals surface area contributed by atoms with Crippen molar-refractivity contribution in [3.63, 3.8) is 0 Å². The van der Waals surface area contributed by atoms with Crippen LogP contribution in [0, 0.1) is 0 Å². The average molecular weight is 367 g/mol. The van der Waals surface area contributed by atoms with E-state index in [0.717, 1.165) is 0 Å². The fraction of sp³-hybridized carbons (Fsp3) is 0.300. The largest absolute Gasteiger partial charge is 0.494 e. The van der Waals surface area contributed by atoms with Crippen molar-refractivity contribution in [3.8, 4) is 5.75 Å². The zero-order valence-electron chi connectivity index (χ0n) is 15.3. The minimum Gasteiger partial charge on any atom is -0.494 e. The van der Waals surface area contributed by atoms with Crippen molar-refractivity contribution in [2.24, 2.45) is 0 Å². The molecule has 7 heteroatoms. The second kappa shape index (κ2) is 7.99. The Labute approximate surface area is 157 Å². The van der Waals surface area contributed by atoms with Crippen LogP contribution < -0.4 is 15.0 Å². The van der Waals surface area contributed by atoms with Crippen molar-refractivity contribution in [2.45, 2.75) is 32.7 Å². The Bertz CT molecular complexity index is 864. The Morgan fingerprint density at radius 2 is 1.96 bits per heavy atom. The number of carbonyl (C=O) groups excluding carboxylic acids is 3. The lowest BCUT2D eigenvalue weighted by atomic mass is 10.1. The summed E-state index contributed by atoms with van der Waals surface area (Å²) in [6.45, 7) is 3.57. The van der Waals surface area contributed by atoms with E-state index in [4.69, 9.17) is 4.74 Å². The number of anilines is 2. The number of hydrogen-bond acceptors (Lipinski definition) is 5. The molecule has 1 aliphatic heterocycles. The van der Waals surface area contributed by atoms with E-state index in [9.17, 15) is 14.4 Å². The number of Topliss-reactive ketones (excluding diaryl/α,β-unsaturated/α-hetero) is 1. The van der Waals surface area contributed by atoms with Crippen LogP contribution in [0.3, 0.4) is 0 Å². The van der Waals surface area contributed by atoms with Crippen molar-refractivity contribution in [1.82, 2.24) is 4.98 Å². The lowest BCUT2D eigenvalue weighted by Crippen LogP contribution is -2.49.